The highest BCUT2D eigenvalue weighted by molar-refractivity contribution is 6.30. The standard InChI is InChI=1S/C17H19ClN4O2/c1-20-6-5-13(12-20)16(23)21-7-9-22(10-8-21)17(24)19-15-4-2-3-14(18)11-15/h2-6,11-12H,7-10H2,1H3,(H,19,24). The number of hydrogen-bond donors (Lipinski definition) is 1. The minimum absolute atomic E-state index is 0.00509. The Morgan fingerprint density at radius 3 is 2.42 bits per heavy atom. The van der Waals surface area contributed by atoms with E-state index >= 15 is 0 Å². The number of hydrogen-bond acceptors (Lipinski definition) is 2. The van der Waals surface area contributed by atoms with Gasteiger partial charge in [-0.25, -0.2) is 4.79 Å². The molecule has 0 aliphatic carbocycles. The highest BCUT2D eigenvalue weighted by atomic mass is 35.5. The molecule has 1 aromatic carbocycles. The number of benzene rings is 1. The molecule has 0 unspecified atom stereocenters. The van der Waals surface area contributed by atoms with Crippen molar-refractivity contribution in [2.75, 3.05) is 31.5 Å². The number of rotatable bonds is 2. The zero-order chi connectivity index (χ0) is 17.1. The van der Waals surface area contributed by atoms with Crippen LogP contribution in [0.2, 0.25) is 5.02 Å². The molecule has 1 saturated heterocycles. The molecule has 0 saturated carbocycles. The Kier molecular flexibility index (Phi) is 4.76. The number of carbonyl (C=O) groups is 2. The van der Waals surface area contributed by atoms with E-state index in [4.69, 9.17) is 11.6 Å². The lowest BCUT2D eigenvalue weighted by Crippen LogP contribution is -2.51. The quantitative estimate of drug-likeness (QED) is 0.908. The third-order valence-corrected chi connectivity index (χ3v) is 4.24. The summed E-state index contributed by atoms with van der Waals surface area (Å²) in [5.41, 5.74) is 1.34. The van der Waals surface area contributed by atoms with Gasteiger partial charge in [-0.2, -0.15) is 0 Å². The van der Waals surface area contributed by atoms with Crippen molar-refractivity contribution in [2.24, 2.45) is 7.05 Å². The van der Waals surface area contributed by atoms with E-state index in [0.29, 0.717) is 42.5 Å². The summed E-state index contributed by atoms with van der Waals surface area (Å²) < 4.78 is 1.85. The lowest BCUT2D eigenvalue weighted by molar-refractivity contribution is 0.0671. The van der Waals surface area contributed by atoms with Gasteiger partial charge in [0.25, 0.3) is 5.91 Å². The van der Waals surface area contributed by atoms with E-state index in [1.54, 1.807) is 46.3 Å². The summed E-state index contributed by atoms with van der Waals surface area (Å²) in [6.07, 6.45) is 3.66. The smallest absolute Gasteiger partial charge is 0.321 e. The summed E-state index contributed by atoms with van der Waals surface area (Å²) in [6, 6.07) is 8.66. The zero-order valence-corrected chi connectivity index (χ0v) is 14.2. The number of urea groups is 1. The van der Waals surface area contributed by atoms with E-state index in [9.17, 15) is 9.59 Å². The summed E-state index contributed by atoms with van der Waals surface area (Å²) in [6.45, 7) is 2.06. The number of anilines is 1. The van der Waals surface area contributed by atoms with Crippen molar-refractivity contribution < 1.29 is 9.59 Å². The van der Waals surface area contributed by atoms with Crippen molar-refractivity contribution in [3.8, 4) is 0 Å². The fourth-order valence-electron chi connectivity index (χ4n) is 2.69. The Hall–Kier alpha value is -2.47. The summed E-state index contributed by atoms with van der Waals surface area (Å²) >= 11 is 5.92. The van der Waals surface area contributed by atoms with Crippen LogP contribution in [-0.2, 0) is 7.05 Å². The first-order valence-electron chi connectivity index (χ1n) is 7.76. The van der Waals surface area contributed by atoms with Crippen LogP contribution in [0.3, 0.4) is 0 Å². The number of aromatic nitrogens is 1. The van der Waals surface area contributed by atoms with Crippen LogP contribution in [0.5, 0.6) is 0 Å². The molecular formula is C17H19ClN4O2. The first-order valence-corrected chi connectivity index (χ1v) is 8.13. The van der Waals surface area contributed by atoms with Gasteiger partial charge in [0.1, 0.15) is 0 Å². The molecule has 1 aromatic heterocycles. The SMILES string of the molecule is Cn1ccc(C(=O)N2CCN(C(=O)Nc3cccc(Cl)c3)CC2)c1. The van der Waals surface area contributed by atoms with E-state index in [1.807, 2.05) is 17.8 Å². The second kappa shape index (κ2) is 6.97. The molecule has 1 fully saturated rings. The molecular weight excluding hydrogens is 328 g/mol. The van der Waals surface area contributed by atoms with Crippen LogP contribution < -0.4 is 5.32 Å². The summed E-state index contributed by atoms with van der Waals surface area (Å²) in [4.78, 5) is 28.2. The minimum atomic E-state index is -0.177. The van der Waals surface area contributed by atoms with Gasteiger partial charge in [0, 0.05) is 56.3 Å². The number of aryl methyl sites for hydroxylation is 1. The van der Waals surface area contributed by atoms with Crippen LogP contribution in [0.1, 0.15) is 10.4 Å². The Bertz CT molecular complexity index is 751. The molecule has 0 bridgehead atoms. The van der Waals surface area contributed by atoms with Gasteiger partial charge in [-0.1, -0.05) is 17.7 Å². The summed E-state index contributed by atoms with van der Waals surface area (Å²) in [7, 11) is 1.88. The normalized spacial score (nSPS) is 14.6. The molecule has 0 spiro atoms. The molecule has 1 aliphatic rings. The molecule has 3 rings (SSSR count). The molecule has 2 heterocycles. The van der Waals surface area contributed by atoms with Crippen LogP contribution >= 0.6 is 11.6 Å². The van der Waals surface area contributed by atoms with Crippen molar-refractivity contribution in [3.63, 3.8) is 0 Å². The third-order valence-electron chi connectivity index (χ3n) is 4.01. The van der Waals surface area contributed by atoms with Crippen molar-refractivity contribution in [2.45, 2.75) is 0 Å². The maximum absolute atomic E-state index is 12.4. The van der Waals surface area contributed by atoms with Crippen molar-refractivity contribution >= 4 is 29.2 Å². The predicted octanol–water partition coefficient (Wildman–Crippen LogP) is 2.67. The largest absolute Gasteiger partial charge is 0.356 e. The molecule has 1 N–H and O–H groups in total. The van der Waals surface area contributed by atoms with Crippen LogP contribution in [0, 0.1) is 0 Å². The van der Waals surface area contributed by atoms with E-state index < -0.39 is 0 Å². The van der Waals surface area contributed by atoms with Crippen molar-refractivity contribution in [1.29, 1.82) is 0 Å². The molecule has 1 aliphatic heterocycles. The maximum Gasteiger partial charge on any atom is 0.321 e. The van der Waals surface area contributed by atoms with Gasteiger partial charge in [-0.3, -0.25) is 4.79 Å². The molecule has 24 heavy (non-hydrogen) atoms. The first kappa shape index (κ1) is 16.4. The topological polar surface area (TPSA) is 57.6 Å². The first-order chi connectivity index (χ1) is 11.5. The Balaban J connectivity index is 1.54. The Labute approximate surface area is 145 Å². The van der Waals surface area contributed by atoms with Gasteiger partial charge in [-0.05, 0) is 24.3 Å². The lowest BCUT2D eigenvalue weighted by atomic mass is 10.2. The Morgan fingerprint density at radius 1 is 1.08 bits per heavy atom. The van der Waals surface area contributed by atoms with Gasteiger partial charge in [0.15, 0.2) is 0 Å². The number of piperazine rings is 1. The van der Waals surface area contributed by atoms with Gasteiger partial charge in [0.05, 0.1) is 5.56 Å². The number of nitrogens with zero attached hydrogens (tertiary/aromatic N) is 3. The summed E-state index contributed by atoms with van der Waals surface area (Å²) in [5.74, 6) is 0.00509. The highest BCUT2D eigenvalue weighted by Crippen LogP contribution is 2.16. The van der Waals surface area contributed by atoms with Crippen LogP contribution in [0.4, 0.5) is 10.5 Å². The number of halogens is 1. The van der Waals surface area contributed by atoms with Gasteiger partial charge < -0.3 is 19.7 Å². The molecule has 7 heteroatoms. The van der Waals surface area contributed by atoms with Gasteiger partial charge >= 0.3 is 6.03 Å². The maximum atomic E-state index is 12.4. The fourth-order valence-corrected chi connectivity index (χ4v) is 2.88. The predicted molar refractivity (Wildman–Crippen MR) is 93.4 cm³/mol. The molecule has 126 valence electrons. The van der Waals surface area contributed by atoms with E-state index in [-0.39, 0.29) is 11.9 Å². The van der Waals surface area contributed by atoms with Gasteiger partial charge in [0.2, 0.25) is 0 Å². The highest BCUT2D eigenvalue weighted by Gasteiger charge is 2.25. The average molecular weight is 347 g/mol. The van der Waals surface area contributed by atoms with Crippen LogP contribution in [-0.4, -0.2) is 52.5 Å². The number of carbonyl (C=O) groups excluding carboxylic acids is 2. The van der Waals surface area contributed by atoms with Gasteiger partial charge in [-0.15, -0.1) is 0 Å². The molecule has 6 nitrogen and oxygen atoms in total. The van der Waals surface area contributed by atoms with E-state index in [1.165, 1.54) is 0 Å². The molecule has 3 amide bonds. The van der Waals surface area contributed by atoms with E-state index in [0.717, 1.165) is 0 Å². The van der Waals surface area contributed by atoms with Crippen molar-refractivity contribution in [1.82, 2.24) is 14.4 Å². The third kappa shape index (κ3) is 3.71. The number of nitrogens with one attached hydrogen (secondary N) is 1. The average Bonchev–Trinajstić information content (AvgIpc) is 3.01. The monoisotopic (exact) mass is 346 g/mol. The molecule has 0 atom stereocenters. The second-order valence-corrected chi connectivity index (χ2v) is 6.22. The lowest BCUT2D eigenvalue weighted by Gasteiger charge is -2.34. The summed E-state index contributed by atoms with van der Waals surface area (Å²) in [5, 5.41) is 3.40. The number of amides is 3. The zero-order valence-electron chi connectivity index (χ0n) is 13.4. The fraction of sp³-hybridized carbons (Fsp3) is 0.294. The van der Waals surface area contributed by atoms with Crippen LogP contribution in [0.25, 0.3) is 0 Å². The van der Waals surface area contributed by atoms with Crippen LogP contribution in [0.15, 0.2) is 42.7 Å². The minimum Gasteiger partial charge on any atom is -0.356 e. The Morgan fingerprint density at radius 2 is 1.79 bits per heavy atom. The van der Waals surface area contributed by atoms with E-state index in [2.05, 4.69) is 5.32 Å². The molecule has 0 radical (unpaired) electrons. The second-order valence-electron chi connectivity index (χ2n) is 5.79. The van der Waals surface area contributed by atoms with Crippen molar-refractivity contribution in [3.05, 3.63) is 53.3 Å². The molecule has 2 aromatic rings.